The first kappa shape index (κ1) is 9.36. The van der Waals surface area contributed by atoms with E-state index in [-0.39, 0.29) is 6.04 Å². The Bertz CT molecular complexity index is 280. The van der Waals surface area contributed by atoms with Crippen molar-refractivity contribution in [3.05, 3.63) is 35.3 Å². The second kappa shape index (κ2) is 3.78. The van der Waals surface area contributed by atoms with Crippen molar-refractivity contribution >= 4 is 11.6 Å². The molecule has 0 aliphatic rings. The van der Waals surface area contributed by atoms with Crippen LogP contribution in [0.3, 0.4) is 0 Å². The molecule has 1 rings (SSSR count). The Morgan fingerprint density at radius 1 is 1.75 bits per heavy atom. The Kier molecular flexibility index (Phi) is 2.95. The lowest BCUT2D eigenvalue weighted by atomic mass is 10.1. The predicted octanol–water partition coefficient (Wildman–Crippen LogP) is 2.90. The van der Waals surface area contributed by atoms with Crippen LogP contribution in [0.5, 0.6) is 0 Å². The zero-order chi connectivity index (χ0) is 9.14. The van der Waals surface area contributed by atoms with E-state index in [1.54, 1.807) is 12.1 Å². The summed E-state index contributed by atoms with van der Waals surface area (Å²) < 4.78 is 5.15. The predicted molar refractivity (Wildman–Crippen MR) is 50.1 cm³/mol. The minimum atomic E-state index is -0.130. The lowest BCUT2D eigenvalue weighted by molar-refractivity contribution is 0.466. The maximum absolute atomic E-state index is 5.80. The smallest absolute Gasteiger partial charge is 0.193 e. The van der Waals surface area contributed by atoms with Gasteiger partial charge in [-0.3, -0.25) is 0 Å². The number of rotatable bonds is 3. The molecule has 66 valence electrons. The number of furan rings is 1. The third-order valence-electron chi connectivity index (χ3n) is 1.53. The maximum atomic E-state index is 5.80. The Balaban J connectivity index is 2.64. The van der Waals surface area contributed by atoms with Gasteiger partial charge in [0.25, 0.3) is 0 Å². The number of hydrogen-bond acceptors (Lipinski definition) is 2. The van der Waals surface area contributed by atoms with Gasteiger partial charge < -0.3 is 10.2 Å². The van der Waals surface area contributed by atoms with Crippen LogP contribution in [-0.4, -0.2) is 0 Å². The monoisotopic (exact) mass is 185 g/mol. The fourth-order valence-electron chi connectivity index (χ4n) is 1.00. The molecule has 0 aliphatic heterocycles. The van der Waals surface area contributed by atoms with E-state index in [9.17, 15) is 0 Å². The zero-order valence-corrected chi connectivity index (χ0v) is 7.77. The summed E-state index contributed by atoms with van der Waals surface area (Å²) in [5, 5.41) is 0.377. The van der Waals surface area contributed by atoms with Crippen molar-refractivity contribution in [3.8, 4) is 0 Å². The molecule has 1 heterocycles. The molecule has 1 unspecified atom stereocenters. The van der Waals surface area contributed by atoms with E-state index in [1.807, 2.05) is 6.92 Å². The fraction of sp³-hybridized carbons (Fsp3) is 0.333. The second-order valence-corrected chi connectivity index (χ2v) is 3.28. The molecule has 2 nitrogen and oxygen atoms in total. The van der Waals surface area contributed by atoms with Crippen LogP contribution in [0, 0.1) is 0 Å². The largest absolute Gasteiger partial charge is 0.448 e. The molecule has 0 saturated carbocycles. The van der Waals surface area contributed by atoms with Crippen LogP contribution >= 0.6 is 11.6 Å². The van der Waals surface area contributed by atoms with Crippen LogP contribution in [0.1, 0.15) is 25.1 Å². The molecule has 0 radical (unpaired) electrons. The van der Waals surface area contributed by atoms with E-state index < -0.39 is 0 Å². The first-order valence-corrected chi connectivity index (χ1v) is 4.12. The van der Waals surface area contributed by atoms with Crippen molar-refractivity contribution in [2.24, 2.45) is 5.73 Å². The first-order chi connectivity index (χ1) is 5.59. The van der Waals surface area contributed by atoms with Crippen molar-refractivity contribution in [1.82, 2.24) is 0 Å². The highest BCUT2D eigenvalue weighted by Gasteiger charge is 2.09. The average molecular weight is 186 g/mol. The van der Waals surface area contributed by atoms with Gasteiger partial charge >= 0.3 is 0 Å². The van der Waals surface area contributed by atoms with Gasteiger partial charge in [0.05, 0.1) is 6.04 Å². The molecular formula is C9H12ClNO. The molecule has 0 spiro atoms. The topological polar surface area (TPSA) is 39.2 Å². The summed E-state index contributed by atoms with van der Waals surface area (Å²) in [4.78, 5) is 0. The van der Waals surface area contributed by atoms with Crippen LogP contribution in [0.15, 0.2) is 28.7 Å². The van der Waals surface area contributed by atoms with Crippen molar-refractivity contribution in [1.29, 1.82) is 0 Å². The molecule has 0 fully saturated rings. The molecule has 0 bridgehead atoms. The normalized spacial score (nSPS) is 12.9. The molecule has 0 saturated heterocycles. The summed E-state index contributed by atoms with van der Waals surface area (Å²) in [5.41, 5.74) is 6.83. The van der Waals surface area contributed by atoms with Crippen molar-refractivity contribution < 1.29 is 4.42 Å². The average Bonchev–Trinajstić information content (AvgIpc) is 2.34. The Labute approximate surface area is 77.0 Å². The van der Waals surface area contributed by atoms with E-state index in [1.165, 1.54) is 0 Å². The summed E-state index contributed by atoms with van der Waals surface area (Å²) in [5.74, 6) is 0.711. The second-order valence-electron chi connectivity index (χ2n) is 2.91. The van der Waals surface area contributed by atoms with E-state index >= 15 is 0 Å². The maximum Gasteiger partial charge on any atom is 0.193 e. The van der Waals surface area contributed by atoms with Crippen LogP contribution in [0.25, 0.3) is 0 Å². The van der Waals surface area contributed by atoms with Crippen LogP contribution in [0.2, 0.25) is 5.22 Å². The van der Waals surface area contributed by atoms with Crippen LogP contribution in [-0.2, 0) is 0 Å². The highest BCUT2D eigenvalue weighted by Crippen LogP contribution is 2.22. The number of hydrogen-bond donors (Lipinski definition) is 1. The van der Waals surface area contributed by atoms with Gasteiger partial charge in [-0.05, 0) is 37.1 Å². The van der Waals surface area contributed by atoms with Gasteiger partial charge in [0.2, 0.25) is 0 Å². The van der Waals surface area contributed by atoms with Gasteiger partial charge in [0.15, 0.2) is 5.22 Å². The van der Waals surface area contributed by atoms with E-state index in [2.05, 4.69) is 6.58 Å². The molecular weight excluding hydrogens is 174 g/mol. The molecule has 1 atom stereocenters. The quantitative estimate of drug-likeness (QED) is 0.736. The van der Waals surface area contributed by atoms with Gasteiger partial charge in [-0.1, -0.05) is 5.57 Å². The summed E-state index contributed by atoms with van der Waals surface area (Å²) in [6, 6.07) is 3.35. The van der Waals surface area contributed by atoms with Crippen molar-refractivity contribution in [2.45, 2.75) is 19.4 Å². The summed E-state index contributed by atoms with van der Waals surface area (Å²) in [7, 11) is 0. The summed E-state index contributed by atoms with van der Waals surface area (Å²) >= 11 is 5.60. The highest BCUT2D eigenvalue weighted by atomic mass is 35.5. The van der Waals surface area contributed by atoms with Gasteiger partial charge in [0.1, 0.15) is 5.76 Å². The molecule has 1 aromatic heterocycles. The molecule has 0 amide bonds. The number of halogens is 1. The fourth-order valence-corrected chi connectivity index (χ4v) is 1.16. The lowest BCUT2D eigenvalue weighted by Crippen LogP contribution is -2.09. The standard InChI is InChI=1S/C9H12ClNO/c1-6(2)5-7(11)8-3-4-9(10)12-8/h3-4,7H,1,5,11H2,2H3. The van der Waals surface area contributed by atoms with Gasteiger partial charge in [-0.25, -0.2) is 0 Å². The Morgan fingerprint density at radius 3 is 2.83 bits per heavy atom. The zero-order valence-electron chi connectivity index (χ0n) is 7.01. The minimum Gasteiger partial charge on any atom is -0.448 e. The molecule has 12 heavy (non-hydrogen) atoms. The first-order valence-electron chi connectivity index (χ1n) is 3.75. The van der Waals surface area contributed by atoms with Gasteiger partial charge in [-0.2, -0.15) is 0 Å². The van der Waals surface area contributed by atoms with Gasteiger partial charge in [-0.15, -0.1) is 6.58 Å². The highest BCUT2D eigenvalue weighted by molar-refractivity contribution is 6.28. The molecule has 1 aromatic rings. The molecule has 0 aromatic carbocycles. The third kappa shape index (κ3) is 2.40. The Hall–Kier alpha value is -0.730. The van der Waals surface area contributed by atoms with Gasteiger partial charge in [0, 0.05) is 0 Å². The van der Waals surface area contributed by atoms with Crippen molar-refractivity contribution in [3.63, 3.8) is 0 Å². The lowest BCUT2D eigenvalue weighted by Gasteiger charge is -2.06. The molecule has 2 N–H and O–H groups in total. The molecule has 0 aliphatic carbocycles. The summed E-state index contributed by atoms with van der Waals surface area (Å²) in [6.45, 7) is 5.71. The SMILES string of the molecule is C=C(C)CC(N)c1ccc(Cl)o1. The van der Waals surface area contributed by atoms with E-state index in [0.29, 0.717) is 11.0 Å². The third-order valence-corrected chi connectivity index (χ3v) is 1.73. The number of nitrogens with two attached hydrogens (primary N) is 1. The van der Waals surface area contributed by atoms with Crippen LogP contribution in [0.4, 0.5) is 0 Å². The van der Waals surface area contributed by atoms with Crippen LogP contribution < -0.4 is 5.73 Å². The molecule has 3 heteroatoms. The minimum absolute atomic E-state index is 0.130. The summed E-state index contributed by atoms with van der Waals surface area (Å²) in [6.07, 6.45) is 0.726. The van der Waals surface area contributed by atoms with E-state index in [0.717, 1.165) is 12.0 Å². The Morgan fingerprint density at radius 2 is 2.42 bits per heavy atom. The van der Waals surface area contributed by atoms with Crippen molar-refractivity contribution in [2.75, 3.05) is 0 Å². The van der Waals surface area contributed by atoms with E-state index in [4.69, 9.17) is 21.8 Å².